The normalized spacial score (nSPS) is 15.4. The number of hydrogen-bond acceptors (Lipinski definition) is 9. The van der Waals surface area contributed by atoms with Crippen LogP contribution in [0.5, 0.6) is 0 Å². The largest absolute Gasteiger partial charge is 0.465 e. The van der Waals surface area contributed by atoms with Crippen molar-refractivity contribution in [2.45, 2.75) is 77.9 Å². The molecule has 296 valence electrons. The fourth-order valence-corrected chi connectivity index (χ4v) is 6.43. The molecule has 1 aliphatic rings. The standard InChI is InChI=1S/C44H48FNO9S/c1-5-7-28-53-43(49)39(44(50)54-29-8-6-2)13-9-11-32-14-18-35(19-15-32)41-38(26-27-40(55-31(3)47)34-20-22-36(45)23-21-34)42(48)46(41)37-24-16-33(17-25-37)12-10-30-56(4,51)52/h14-25,38-41H,5-8,13,26-30H2,1-4H3/t38-,40+,41-/m1/s1. The number of amides is 1. The monoisotopic (exact) mass is 785 g/mol. The molecule has 1 fully saturated rings. The molecule has 3 atom stereocenters. The fourth-order valence-electron chi connectivity index (χ4n) is 6.09. The molecule has 0 saturated carbocycles. The van der Waals surface area contributed by atoms with Gasteiger partial charge in [0.15, 0.2) is 15.8 Å². The second kappa shape index (κ2) is 21.0. The summed E-state index contributed by atoms with van der Waals surface area (Å²) in [4.78, 5) is 53.0. The van der Waals surface area contributed by atoms with Crippen molar-refractivity contribution < 1.29 is 46.2 Å². The molecular weight excluding hydrogens is 738 g/mol. The van der Waals surface area contributed by atoms with E-state index < -0.39 is 57.5 Å². The van der Waals surface area contributed by atoms with Crippen LogP contribution in [-0.4, -0.2) is 57.5 Å². The zero-order valence-corrected chi connectivity index (χ0v) is 33.0. The maximum absolute atomic E-state index is 13.9. The highest BCUT2D eigenvalue weighted by Crippen LogP contribution is 2.46. The van der Waals surface area contributed by atoms with Gasteiger partial charge in [0.1, 0.15) is 17.7 Å². The summed E-state index contributed by atoms with van der Waals surface area (Å²) in [5.74, 6) is 7.16. The molecule has 1 heterocycles. The molecule has 10 nitrogen and oxygen atoms in total. The van der Waals surface area contributed by atoms with Crippen LogP contribution in [0.1, 0.15) is 100 Å². The Morgan fingerprint density at radius 2 is 1.38 bits per heavy atom. The predicted octanol–water partition coefficient (Wildman–Crippen LogP) is 7.05. The summed E-state index contributed by atoms with van der Waals surface area (Å²) in [6, 6.07) is 19.6. The number of nitrogens with zero attached hydrogens (tertiary/aromatic N) is 1. The quantitative estimate of drug-likeness (QED) is 0.0353. The van der Waals surface area contributed by atoms with Crippen LogP contribution < -0.4 is 4.90 Å². The van der Waals surface area contributed by atoms with Crippen molar-refractivity contribution in [1.29, 1.82) is 0 Å². The van der Waals surface area contributed by atoms with E-state index in [9.17, 15) is 32.0 Å². The number of carbonyl (C=O) groups is 4. The first kappa shape index (κ1) is 43.3. The van der Waals surface area contributed by atoms with Gasteiger partial charge in [-0.05, 0) is 85.3 Å². The Morgan fingerprint density at radius 3 is 1.91 bits per heavy atom. The van der Waals surface area contributed by atoms with E-state index in [-0.39, 0.29) is 31.3 Å². The summed E-state index contributed by atoms with van der Waals surface area (Å²) < 4.78 is 52.9. The summed E-state index contributed by atoms with van der Waals surface area (Å²) in [6.07, 6.45) is 4.06. The number of hydrogen-bond donors (Lipinski definition) is 0. The van der Waals surface area contributed by atoms with E-state index in [4.69, 9.17) is 14.2 Å². The first-order chi connectivity index (χ1) is 26.8. The summed E-state index contributed by atoms with van der Waals surface area (Å²) in [5.41, 5.74) is 3.27. The van der Waals surface area contributed by atoms with Crippen LogP contribution in [0.2, 0.25) is 0 Å². The Balaban J connectivity index is 1.57. The number of β-lactam (4-membered cyclic amide) rings is 1. The molecule has 0 aromatic heterocycles. The van der Waals surface area contributed by atoms with Gasteiger partial charge in [0.05, 0.1) is 25.2 Å². The van der Waals surface area contributed by atoms with Crippen LogP contribution in [-0.2, 0) is 43.2 Å². The number of benzene rings is 3. The minimum atomic E-state index is -3.24. The van der Waals surface area contributed by atoms with E-state index in [0.717, 1.165) is 24.7 Å². The molecule has 0 radical (unpaired) electrons. The van der Waals surface area contributed by atoms with Gasteiger partial charge < -0.3 is 19.1 Å². The molecule has 1 aliphatic heterocycles. The number of anilines is 1. The van der Waals surface area contributed by atoms with Crippen molar-refractivity contribution >= 4 is 39.3 Å². The third-order valence-electron chi connectivity index (χ3n) is 9.06. The number of unbranched alkanes of at least 4 members (excludes halogenated alkanes) is 2. The van der Waals surface area contributed by atoms with Gasteiger partial charge in [0.2, 0.25) is 5.91 Å². The van der Waals surface area contributed by atoms with Gasteiger partial charge in [-0.3, -0.25) is 19.2 Å². The minimum Gasteiger partial charge on any atom is -0.465 e. The summed E-state index contributed by atoms with van der Waals surface area (Å²) >= 11 is 0. The molecule has 0 spiro atoms. The van der Waals surface area contributed by atoms with Crippen molar-refractivity contribution in [3.05, 3.63) is 101 Å². The van der Waals surface area contributed by atoms with Crippen LogP contribution in [0.15, 0.2) is 72.8 Å². The van der Waals surface area contributed by atoms with Crippen LogP contribution in [0.4, 0.5) is 10.1 Å². The van der Waals surface area contributed by atoms with Crippen molar-refractivity contribution in [1.82, 2.24) is 0 Å². The summed E-state index contributed by atoms with van der Waals surface area (Å²) in [6.45, 7) is 5.67. The van der Waals surface area contributed by atoms with Gasteiger partial charge in [-0.25, -0.2) is 12.8 Å². The highest BCUT2D eigenvalue weighted by molar-refractivity contribution is 7.90. The van der Waals surface area contributed by atoms with Crippen LogP contribution in [0.3, 0.4) is 0 Å². The van der Waals surface area contributed by atoms with E-state index in [1.165, 1.54) is 19.1 Å². The van der Waals surface area contributed by atoms with E-state index in [1.54, 1.807) is 53.4 Å². The van der Waals surface area contributed by atoms with E-state index >= 15 is 0 Å². The van der Waals surface area contributed by atoms with Gasteiger partial charge in [-0.1, -0.05) is 74.6 Å². The Labute approximate surface area is 329 Å². The maximum atomic E-state index is 13.9. The Bertz CT molecular complexity index is 2040. The molecule has 0 bridgehead atoms. The maximum Gasteiger partial charge on any atom is 0.321 e. The van der Waals surface area contributed by atoms with Crippen LogP contribution >= 0.6 is 0 Å². The lowest BCUT2D eigenvalue weighted by Gasteiger charge is -2.48. The van der Waals surface area contributed by atoms with Crippen molar-refractivity contribution in [2.75, 3.05) is 30.1 Å². The Kier molecular flexibility index (Phi) is 16.2. The van der Waals surface area contributed by atoms with Gasteiger partial charge in [0.25, 0.3) is 0 Å². The minimum absolute atomic E-state index is 0.0726. The average molecular weight is 786 g/mol. The zero-order valence-electron chi connectivity index (χ0n) is 32.2. The van der Waals surface area contributed by atoms with E-state index in [0.29, 0.717) is 48.1 Å². The number of rotatable bonds is 17. The van der Waals surface area contributed by atoms with Crippen molar-refractivity contribution in [3.8, 4) is 23.7 Å². The second-order valence-corrected chi connectivity index (χ2v) is 15.8. The molecule has 56 heavy (non-hydrogen) atoms. The van der Waals surface area contributed by atoms with Gasteiger partial charge >= 0.3 is 17.9 Å². The molecular formula is C44H48FNO9S. The molecule has 0 aliphatic carbocycles. The summed E-state index contributed by atoms with van der Waals surface area (Å²) in [7, 11) is -3.24. The molecule has 1 amide bonds. The van der Waals surface area contributed by atoms with E-state index in [2.05, 4.69) is 23.7 Å². The van der Waals surface area contributed by atoms with Crippen LogP contribution in [0.25, 0.3) is 0 Å². The third-order valence-corrected chi connectivity index (χ3v) is 9.73. The number of carbonyl (C=O) groups excluding carboxylic acids is 4. The average Bonchev–Trinajstić information content (AvgIpc) is 3.16. The van der Waals surface area contributed by atoms with E-state index in [1.807, 2.05) is 26.0 Å². The van der Waals surface area contributed by atoms with Crippen molar-refractivity contribution in [2.24, 2.45) is 11.8 Å². The smallest absolute Gasteiger partial charge is 0.321 e. The molecule has 12 heteroatoms. The topological polar surface area (TPSA) is 133 Å². The summed E-state index contributed by atoms with van der Waals surface area (Å²) in [5, 5.41) is 0. The van der Waals surface area contributed by atoms with Gasteiger partial charge in [-0.15, -0.1) is 0 Å². The first-order valence-corrected chi connectivity index (χ1v) is 20.8. The Morgan fingerprint density at radius 1 is 0.821 bits per heavy atom. The Hall–Kier alpha value is -5.46. The molecule has 0 N–H and O–H groups in total. The SMILES string of the molecule is CCCCOC(=O)C(CC#Cc1ccc([C@@H]2[C@@H](CC[C@H](OC(C)=O)c3ccc(F)cc3)C(=O)N2c2ccc(C#CCS(C)(=O)=O)cc2)cc1)C(=O)OCCCC. The van der Waals surface area contributed by atoms with Crippen LogP contribution in [0, 0.1) is 41.3 Å². The van der Waals surface area contributed by atoms with Gasteiger partial charge in [0, 0.05) is 36.4 Å². The zero-order chi connectivity index (χ0) is 40.7. The van der Waals surface area contributed by atoms with Crippen molar-refractivity contribution in [3.63, 3.8) is 0 Å². The second-order valence-electron chi connectivity index (χ2n) is 13.6. The molecule has 4 rings (SSSR count). The van der Waals surface area contributed by atoms with Gasteiger partial charge in [-0.2, -0.15) is 0 Å². The third kappa shape index (κ3) is 12.8. The molecule has 3 aromatic rings. The lowest BCUT2D eigenvalue weighted by atomic mass is 9.78. The fraction of sp³-hybridized carbons (Fsp3) is 0.409. The first-order valence-electron chi connectivity index (χ1n) is 18.8. The lowest BCUT2D eigenvalue weighted by molar-refractivity contribution is -0.162. The number of sulfone groups is 1. The number of esters is 3. The predicted molar refractivity (Wildman–Crippen MR) is 210 cm³/mol. The molecule has 1 saturated heterocycles. The highest BCUT2D eigenvalue weighted by atomic mass is 32.2. The molecule has 3 aromatic carbocycles. The number of halogens is 1. The lowest BCUT2D eigenvalue weighted by Crippen LogP contribution is -2.55. The highest BCUT2D eigenvalue weighted by Gasteiger charge is 2.48. The number of ether oxygens (including phenoxy) is 3. The molecule has 0 unspecified atom stereocenters.